The van der Waals surface area contributed by atoms with E-state index in [1.807, 2.05) is 13.0 Å². The molecule has 0 rings (SSSR count). The molecule has 2 nitrogen and oxygen atoms in total. The first-order valence-electron chi connectivity index (χ1n) is 5.56. The van der Waals surface area contributed by atoms with Crippen molar-refractivity contribution >= 4 is 5.97 Å². The maximum atomic E-state index is 10.8. The van der Waals surface area contributed by atoms with Crippen LogP contribution in [0.3, 0.4) is 0 Å². The maximum Gasteiger partial charge on any atom is 0.310 e. The topological polar surface area (TPSA) is 26.3 Å². The number of carbonyl (C=O) groups excluding carboxylic acids is 1. The molecule has 0 amide bonds. The molecule has 0 radical (unpaired) electrons. The molecule has 0 aliphatic heterocycles. The van der Waals surface area contributed by atoms with Crippen LogP contribution in [0.4, 0.5) is 0 Å². The van der Waals surface area contributed by atoms with Gasteiger partial charge in [0.1, 0.15) is 0 Å². The van der Waals surface area contributed by atoms with Crippen molar-refractivity contribution in [3.63, 3.8) is 0 Å². The number of ether oxygens (including phenoxy) is 1. The Morgan fingerprint density at radius 1 is 1.53 bits per heavy atom. The van der Waals surface area contributed by atoms with Gasteiger partial charge >= 0.3 is 5.97 Å². The molecule has 0 saturated carbocycles. The van der Waals surface area contributed by atoms with Crippen LogP contribution in [0.5, 0.6) is 0 Å². The molecule has 0 saturated heterocycles. The second-order valence-electron chi connectivity index (χ2n) is 4.00. The van der Waals surface area contributed by atoms with Crippen molar-refractivity contribution in [1.29, 1.82) is 0 Å². The van der Waals surface area contributed by atoms with E-state index in [9.17, 15) is 4.79 Å². The van der Waals surface area contributed by atoms with Gasteiger partial charge < -0.3 is 4.74 Å². The third kappa shape index (κ3) is 9.26. The van der Waals surface area contributed by atoms with Crippen molar-refractivity contribution in [2.75, 3.05) is 0 Å². The van der Waals surface area contributed by atoms with Crippen LogP contribution in [0.2, 0.25) is 0 Å². The summed E-state index contributed by atoms with van der Waals surface area (Å²) in [4.78, 5) is 10.8. The highest BCUT2D eigenvalue weighted by molar-refractivity contribution is 5.69. The molecule has 0 aromatic heterocycles. The molecule has 0 heterocycles. The molecule has 0 aromatic carbocycles. The molecule has 1 unspecified atom stereocenters. The fraction of sp³-hybridized carbons (Fsp3) is 0.615. The maximum absolute atomic E-state index is 10.8. The molecule has 1 atom stereocenters. The van der Waals surface area contributed by atoms with Crippen molar-refractivity contribution in [3.8, 4) is 0 Å². The second kappa shape index (κ2) is 8.27. The van der Waals surface area contributed by atoms with E-state index in [0.29, 0.717) is 12.3 Å². The van der Waals surface area contributed by atoms with Crippen LogP contribution in [0.25, 0.3) is 0 Å². The van der Waals surface area contributed by atoms with Crippen LogP contribution in [-0.2, 0) is 9.53 Å². The highest BCUT2D eigenvalue weighted by atomic mass is 16.5. The normalized spacial score (nSPS) is 12.7. The van der Waals surface area contributed by atoms with Crippen molar-refractivity contribution in [2.24, 2.45) is 5.92 Å². The van der Waals surface area contributed by atoms with Crippen LogP contribution < -0.4 is 0 Å². The fourth-order valence-electron chi connectivity index (χ4n) is 1.15. The molecule has 0 bridgehead atoms. The summed E-state index contributed by atoms with van der Waals surface area (Å²) in [7, 11) is 0. The van der Waals surface area contributed by atoms with Gasteiger partial charge in [-0.05, 0) is 38.2 Å². The van der Waals surface area contributed by atoms with Gasteiger partial charge in [0.05, 0.1) is 6.26 Å². The minimum absolute atomic E-state index is 0.180. The average molecular weight is 210 g/mol. The van der Waals surface area contributed by atoms with Crippen molar-refractivity contribution in [2.45, 2.75) is 46.5 Å². The first-order valence-corrected chi connectivity index (χ1v) is 5.56. The lowest BCUT2D eigenvalue weighted by Gasteiger charge is -2.05. The van der Waals surface area contributed by atoms with Crippen molar-refractivity contribution < 1.29 is 9.53 Å². The van der Waals surface area contributed by atoms with Crippen LogP contribution >= 0.6 is 0 Å². The van der Waals surface area contributed by atoms with E-state index in [2.05, 4.69) is 13.5 Å². The van der Waals surface area contributed by atoms with Crippen LogP contribution in [0.1, 0.15) is 46.5 Å². The first-order chi connectivity index (χ1) is 7.06. The van der Waals surface area contributed by atoms with Crippen LogP contribution in [-0.4, -0.2) is 5.97 Å². The lowest BCUT2D eigenvalue weighted by atomic mass is 10.0. The predicted octanol–water partition coefficient (Wildman–Crippen LogP) is 3.84. The number of carbonyl (C=O) groups is 1. The zero-order valence-corrected chi connectivity index (χ0v) is 10.1. The quantitative estimate of drug-likeness (QED) is 0.362. The zero-order chi connectivity index (χ0) is 11.7. The number of hydrogen-bond acceptors (Lipinski definition) is 2. The molecular weight excluding hydrogens is 188 g/mol. The van der Waals surface area contributed by atoms with Gasteiger partial charge in [-0.25, -0.2) is 0 Å². The third-order valence-corrected chi connectivity index (χ3v) is 2.16. The third-order valence-electron chi connectivity index (χ3n) is 2.16. The van der Waals surface area contributed by atoms with Gasteiger partial charge in [0.15, 0.2) is 0 Å². The van der Waals surface area contributed by atoms with Crippen LogP contribution in [0.15, 0.2) is 24.5 Å². The molecule has 86 valence electrons. The van der Waals surface area contributed by atoms with Gasteiger partial charge in [-0.15, -0.1) is 6.58 Å². The summed E-state index contributed by atoms with van der Waals surface area (Å²) in [6.07, 6.45) is 7.19. The Hall–Kier alpha value is -1.05. The van der Waals surface area contributed by atoms with Gasteiger partial charge in [-0.1, -0.05) is 19.4 Å². The van der Waals surface area contributed by atoms with Crippen molar-refractivity contribution in [1.82, 2.24) is 0 Å². The van der Waals surface area contributed by atoms with Gasteiger partial charge in [0.2, 0.25) is 0 Å². The molecule has 0 aliphatic rings. The summed E-state index contributed by atoms with van der Waals surface area (Å²) in [5, 5.41) is 0. The number of hydrogen-bond donors (Lipinski definition) is 0. The second-order valence-corrected chi connectivity index (χ2v) is 4.00. The molecule has 0 aliphatic carbocycles. The van der Waals surface area contributed by atoms with Crippen molar-refractivity contribution in [3.05, 3.63) is 24.5 Å². The Morgan fingerprint density at radius 2 is 2.20 bits per heavy atom. The monoisotopic (exact) mass is 210 g/mol. The smallest absolute Gasteiger partial charge is 0.310 e. The SMILES string of the molecule is C=C(C)CCCC(C)/C=C/OC(=O)CC. The standard InChI is InChI=1S/C13H22O2/c1-5-13(14)15-10-9-12(4)8-6-7-11(2)3/h9-10,12H,2,5-8H2,1,3-4H3/b10-9+. The molecule has 2 heteroatoms. The van der Waals surface area contributed by atoms with E-state index in [0.717, 1.165) is 19.3 Å². The van der Waals surface area contributed by atoms with Crippen LogP contribution in [0, 0.1) is 5.92 Å². The summed E-state index contributed by atoms with van der Waals surface area (Å²) < 4.78 is 4.85. The van der Waals surface area contributed by atoms with Gasteiger partial charge in [-0.3, -0.25) is 4.79 Å². The van der Waals surface area contributed by atoms with E-state index in [4.69, 9.17) is 4.74 Å². The Labute approximate surface area is 93.0 Å². The summed E-state index contributed by atoms with van der Waals surface area (Å²) in [5.74, 6) is 0.273. The highest BCUT2D eigenvalue weighted by Crippen LogP contribution is 2.12. The number of rotatable bonds is 7. The van der Waals surface area contributed by atoms with E-state index < -0.39 is 0 Å². The van der Waals surface area contributed by atoms with E-state index in [1.165, 1.54) is 11.8 Å². The molecule has 0 spiro atoms. The summed E-state index contributed by atoms with van der Waals surface area (Å²) in [6, 6.07) is 0. The molecule has 0 N–H and O–H groups in total. The number of esters is 1. The Balaban J connectivity index is 3.59. The van der Waals surface area contributed by atoms with Gasteiger partial charge in [0, 0.05) is 6.42 Å². The lowest BCUT2D eigenvalue weighted by Crippen LogP contribution is -1.97. The van der Waals surface area contributed by atoms with E-state index in [-0.39, 0.29) is 5.97 Å². The Morgan fingerprint density at radius 3 is 2.73 bits per heavy atom. The fourth-order valence-corrected chi connectivity index (χ4v) is 1.15. The first kappa shape index (κ1) is 13.9. The minimum atomic E-state index is -0.180. The molecular formula is C13H22O2. The molecule has 0 fully saturated rings. The van der Waals surface area contributed by atoms with E-state index in [1.54, 1.807) is 6.92 Å². The molecule has 0 aromatic rings. The average Bonchev–Trinajstić information content (AvgIpc) is 2.17. The largest absolute Gasteiger partial charge is 0.435 e. The summed E-state index contributed by atoms with van der Waals surface area (Å²) in [5.41, 5.74) is 1.23. The Bertz CT molecular complexity index is 229. The zero-order valence-electron chi connectivity index (χ0n) is 10.1. The summed E-state index contributed by atoms with van der Waals surface area (Å²) >= 11 is 0. The highest BCUT2D eigenvalue weighted by Gasteiger charge is 1.98. The summed E-state index contributed by atoms with van der Waals surface area (Å²) in [6.45, 7) is 9.81. The lowest BCUT2D eigenvalue weighted by molar-refractivity contribution is -0.137. The van der Waals surface area contributed by atoms with Gasteiger partial charge in [0.25, 0.3) is 0 Å². The Kier molecular flexibility index (Phi) is 7.69. The van der Waals surface area contributed by atoms with Gasteiger partial charge in [-0.2, -0.15) is 0 Å². The minimum Gasteiger partial charge on any atom is -0.435 e. The van der Waals surface area contributed by atoms with E-state index >= 15 is 0 Å². The number of allylic oxidation sites excluding steroid dienone is 2. The predicted molar refractivity (Wildman–Crippen MR) is 63.4 cm³/mol. The molecule has 15 heavy (non-hydrogen) atoms.